The molecule has 7 rings (SSSR count). The summed E-state index contributed by atoms with van der Waals surface area (Å²) in [5.74, 6) is 1.01. The predicted octanol–water partition coefficient (Wildman–Crippen LogP) is 3.14. The topological polar surface area (TPSA) is 75.2 Å². The Morgan fingerprint density at radius 2 is 2.06 bits per heavy atom. The number of fused-ring (bicyclic) bond motifs is 3. The second-order valence-electron chi connectivity index (χ2n) is 9.11. The summed E-state index contributed by atoms with van der Waals surface area (Å²) >= 11 is 0. The van der Waals surface area contributed by atoms with E-state index in [-0.39, 0.29) is 17.7 Å². The molecule has 6 heterocycles. The van der Waals surface area contributed by atoms with Gasteiger partial charge in [-0.05, 0) is 31.0 Å². The first-order valence-electron chi connectivity index (χ1n) is 11.1. The van der Waals surface area contributed by atoms with E-state index >= 15 is 0 Å². The van der Waals surface area contributed by atoms with Crippen LogP contribution in [0.2, 0.25) is 0 Å². The average molecular weight is 412 g/mol. The minimum atomic E-state index is 0.191. The molecule has 156 valence electrons. The van der Waals surface area contributed by atoms with Crippen molar-refractivity contribution >= 4 is 10.9 Å². The highest BCUT2D eigenvalue weighted by Gasteiger charge is 2.52. The van der Waals surface area contributed by atoms with Gasteiger partial charge in [0, 0.05) is 66.7 Å². The lowest BCUT2D eigenvalue weighted by atomic mass is 9.82. The van der Waals surface area contributed by atoms with E-state index in [1.54, 1.807) is 6.20 Å². The minimum absolute atomic E-state index is 0.191. The number of epoxide rings is 1. The molecule has 7 heteroatoms. The fourth-order valence-electron chi connectivity index (χ4n) is 5.55. The molecule has 7 nitrogen and oxygen atoms in total. The number of aromatic amines is 1. The SMILES string of the molecule is c1ccc2ncc(-c3cc4n(n3)CCC43CCN(C4OC4Cc4ncc[nH]4)C3)cc2c1. The van der Waals surface area contributed by atoms with Crippen molar-refractivity contribution in [2.24, 2.45) is 0 Å². The van der Waals surface area contributed by atoms with Crippen LogP contribution >= 0.6 is 0 Å². The summed E-state index contributed by atoms with van der Waals surface area (Å²) in [5, 5.41) is 6.11. The summed E-state index contributed by atoms with van der Waals surface area (Å²) < 4.78 is 8.24. The maximum atomic E-state index is 6.02. The van der Waals surface area contributed by atoms with Gasteiger partial charge in [0.1, 0.15) is 18.2 Å². The molecule has 3 atom stereocenters. The zero-order valence-corrected chi connectivity index (χ0v) is 17.2. The van der Waals surface area contributed by atoms with Gasteiger partial charge in [0.25, 0.3) is 0 Å². The Bertz CT molecular complexity index is 1260. The maximum absolute atomic E-state index is 6.02. The Hall–Kier alpha value is -3.03. The first kappa shape index (κ1) is 17.6. The predicted molar refractivity (Wildman–Crippen MR) is 116 cm³/mol. The molecule has 0 bridgehead atoms. The molecule has 3 aliphatic rings. The van der Waals surface area contributed by atoms with Crippen molar-refractivity contribution in [1.29, 1.82) is 0 Å². The quantitative estimate of drug-likeness (QED) is 0.521. The molecule has 3 aliphatic heterocycles. The smallest absolute Gasteiger partial charge is 0.138 e. The van der Waals surface area contributed by atoms with E-state index in [9.17, 15) is 0 Å². The number of para-hydroxylation sites is 1. The number of nitrogens with one attached hydrogen (secondary N) is 1. The van der Waals surface area contributed by atoms with Gasteiger partial charge in [-0.3, -0.25) is 14.6 Å². The van der Waals surface area contributed by atoms with Crippen LogP contribution in [0.1, 0.15) is 24.4 Å². The normalized spacial score (nSPS) is 27.4. The summed E-state index contributed by atoms with van der Waals surface area (Å²) in [6, 6.07) is 12.7. The number of benzene rings is 1. The standard InChI is InChI=1S/C24H24N6O/c1-2-4-18-16(3-1)11-17(14-27-18)19-12-21-24(6-10-30(21)28-19)5-9-29(15-24)23-20(31-23)13-22-25-7-8-26-22/h1-4,7-8,11-12,14,20,23H,5-6,9-10,13,15H2,(H,25,26). The Morgan fingerprint density at radius 3 is 3.00 bits per heavy atom. The highest BCUT2D eigenvalue weighted by Crippen LogP contribution is 2.46. The second-order valence-corrected chi connectivity index (χ2v) is 9.11. The number of aryl methyl sites for hydroxylation is 1. The molecule has 1 spiro atoms. The second kappa shape index (κ2) is 6.48. The minimum Gasteiger partial charge on any atom is -0.353 e. The lowest BCUT2D eigenvalue weighted by Crippen LogP contribution is -2.32. The number of ether oxygens (including phenoxy) is 1. The number of rotatable bonds is 4. The largest absolute Gasteiger partial charge is 0.353 e. The van der Waals surface area contributed by atoms with Crippen LogP contribution in [0.4, 0.5) is 0 Å². The van der Waals surface area contributed by atoms with E-state index in [0.29, 0.717) is 0 Å². The van der Waals surface area contributed by atoms with Gasteiger partial charge in [0.2, 0.25) is 0 Å². The summed E-state index contributed by atoms with van der Waals surface area (Å²) in [7, 11) is 0. The van der Waals surface area contributed by atoms with Crippen molar-refractivity contribution in [2.45, 2.75) is 43.6 Å². The summed E-state index contributed by atoms with van der Waals surface area (Å²) in [6.07, 6.45) is 9.31. The molecule has 0 radical (unpaired) electrons. The van der Waals surface area contributed by atoms with Crippen LogP contribution < -0.4 is 0 Å². The van der Waals surface area contributed by atoms with E-state index in [1.165, 1.54) is 12.1 Å². The lowest BCUT2D eigenvalue weighted by molar-refractivity contribution is 0.199. The molecular formula is C24H24N6O. The average Bonchev–Trinajstić information content (AvgIpc) is 3.27. The third-order valence-corrected chi connectivity index (χ3v) is 7.26. The molecule has 1 N–H and O–H groups in total. The van der Waals surface area contributed by atoms with E-state index < -0.39 is 0 Å². The molecule has 3 aromatic heterocycles. The summed E-state index contributed by atoms with van der Waals surface area (Å²) in [4.78, 5) is 14.7. The van der Waals surface area contributed by atoms with Crippen LogP contribution in [0.3, 0.4) is 0 Å². The van der Waals surface area contributed by atoms with Gasteiger partial charge < -0.3 is 9.72 Å². The molecule has 0 saturated carbocycles. The molecule has 31 heavy (non-hydrogen) atoms. The van der Waals surface area contributed by atoms with Gasteiger partial charge in [-0.2, -0.15) is 5.10 Å². The van der Waals surface area contributed by atoms with Crippen LogP contribution in [-0.4, -0.2) is 55.1 Å². The highest BCUT2D eigenvalue weighted by atomic mass is 16.6. The zero-order valence-electron chi connectivity index (χ0n) is 17.2. The molecule has 3 unspecified atom stereocenters. The molecular weight excluding hydrogens is 388 g/mol. The van der Waals surface area contributed by atoms with Crippen LogP contribution in [-0.2, 0) is 23.1 Å². The third kappa shape index (κ3) is 2.84. The number of nitrogens with zero attached hydrogens (tertiary/aromatic N) is 5. The molecule has 2 fully saturated rings. The van der Waals surface area contributed by atoms with E-state index in [2.05, 4.69) is 48.8 Å². The Labute approximate surface area is 180 Å². The number of likely N-dealkylation sites (tertiary alicyclic amines) is 1. The van der Waals surface area contributed by atoms with Gasteiger partial charge in [0.15, 0.2) is 0 Å². The summed E-state index contributed by atoms with van der Waals surface area (Å²) in [5.41, 5.74) is 4.71. The van der Waals surface area contributed by atoms with Gasteiger partial charge in [-0.25, -0.2) is 4.98 Å². The molecule has 0 amide bonds. The Kier molecular flexibility index (Phi) is 3.69. The fourth-order valence-corrected chi connectivity index (χ4v) is 5.55. The van der Waals surface area contributed by atoms with Crippen LogP contribution in [0.5, 0.6) is 0 Å². The lowest BCUT2D eigenvalue weighted by Gasteiger charge is -2.22. The number of imidazole rings is 1. The first-order chi connectivity index (χ1) is 15.3. The highest BCUT2D eigenvalue weighted by molar-refractivity contribution is 5.82. The molecule has 0 aliphatic carbocycles. The van der Waals surface area contributed by atoms with Crippen molar-refractivity contribution in [3.8, 4) is 11.3 Å². The van der Waals surface area contributed by atoms with Gasteiger partial charge in [0.05, 0.1) is 11.2 Å². The van der Waals surface area contributed by atoms with Crippen molar-refractivity contribution in [2.75, 3.05) is 13.1 Å². The zero-order chi connectivity index (χ0) is 20.4. The van der Waals surface area contributed by atoms with Gasteiger partial charge in [-0.15, -0.1) is 0 Å². The van der Waals surface area contributed by atoms with Gasteiger partial charge in [-0.1, -0.05) is 18.2 Å². The van der Waals surface area contributed by atoms with Crippen molar-refractivity contribution in [1.82, 2.24) is 29.6 Å². The molecule has 1 aromatic carbocycles. The number of hydrogen-bond acceptors (Lipinski definition) is 5. The van der Waals surface area contributed by atoms with Crippen LogP contribution in [0.25, 0.3) is 22.2 Å². The van der Waals surface area contributed by atoms with E-state index in [0.717, 1.165) is 60.5 Å². The Balaban J connectivity index is 1.12. The van der Waals surface area contributed by atoms with Crippen molar-refractivity contribution in [3.63, 3.8) is 0 Å². The van der Waals surface area contributed by atoms with E-state index in [4.69, 9.17) is 9.84 Å². The maximum Gasteiger partial charge on any atom is 0.138 e. The van der Waals surface area contributed by atoms with Crippen LogP contribution in [0, 0.1) is 0 Å². The van der Waals surface area contributed by atoms with Crippen molar-refractivity contribution in [3.05, 3.63) is 66.5 Å². The number of H-pyrrole nitrogens is 1. The van der Waals surface area contributed by atoms with E-state index in [1.807, 2.05) is 24.5 Å². The Morgan fingerprint density at radius 1 is 1.13 bits per heavy atom. The number of hydrogen-bond donors (Lipinski definition) is 1. The fraction of sp³-hybridized carbons (Fsp3) is 0.375. The monoisotopic (exact) mass is 412 g/mol. The molecule has 4 aromatic rings. The van der Waals surface area contributed by atoms with Gasteiger partial charge >= 0.3 is 0 Å². The molecule has 2 saturated heterocycles. The number of aromatic nitrogens is 5. The number of pyridine rings is 1. The van der Waals surface area contributed by atoms with Crippen LogP contribution in [0.15, 0.2) is 55.0 Å². The summed E-state index contributed by atoms with van der Waals surface area (Å²) in [6.45, 7) is 3.12. The third-order valence-electron chi connectivity index (χ3n) is 7.26. The van der Waals surface area contributed by atoms with Crippen molar-refractivity contribution < 1.29 is 4.74 Å². The first-order valence-corrected chi connectivity index (χ1v) is 11.1.